The monoisotopic (exact) mass is 601 g/mol. The number of carbonyl (C=O) groups is 2. The second-order valence-electron chi connectivity index (χ2n) is 11.2. The summed E-state index contributed by atoms with van der Waals surface area (Å²) in [5.74, 6) is 0.438. The molecular weight excluding hydrogens is 565 g/mol. The summed E-state index contributed by atoms with van der Waals surface area (Å²) in [6.45, 7) is 3.40. The van der Waals surface area contributed by atoms with Crippen molar-refractivity contribution < 1.29 is 9.59 Å². The molecule has 0 radical (unpaired) electrons. The zero-order valence-corrected chi connectivity index (χ0v) is 25.7. The Kier molecular flexibility index (Phi) is 9.84. The molecule has 0 saturated carbocycles. The lowest BCUT2D eigenvalue weighted by Gasteiger charge is -2.34. The van der Waals surface area contributed by atoms with Crippen LogP contribution in [-0.4, -0.2) is 61.9 Å². The van der Waals surface area contributed by atoms with Crippen LogP contribution in [0.3, 0.4) is 0 Å². The van der Waals surface area contributed by atoms with Crippen molar-refractivity contribution in [3.8, 4) is 0 Å². The van der Waals surface area contributed by atoms with Crippen LogP contribution >= 0.6 is 23.2 Å². The molecule has 2 amide bonds. The van der Waals surface area contributed by atoms with E-state index in [-0.39, 0.29) is 17.7 Å². The summed E-state index contributed by atoms with van der Waals surface area (Å²) in [6.07, 6.45) is 2.89. The zero-order chi connectivity index (χ0) is 29.6. The number of hydrogen-bond donors (Lipinski definition) is 1. The quantitative estimate of drug-likeness (QED) is 0.214. The van der Waals surface area contributed by atoms with E-state index >= 15 is 0 Å². The summed E-state index contributed by atoms with van der Waals surface area (Å²) >= 11 is 12.7. The highest BCUT2D eigenvalue weighted by Crippen LogP contribution is 2.33. The SMILES string of the molecule is CNC(=O)c1ccccc1C1CCN(CC[C@H](CN(C)C(=O)c2cccc3ccccc23)c2ccc(Cl)c(Cl)c2)CC1. The van der Waals surface area contributed by atoms with Crippen LogP contribution in [0, 0.1) is 0 Å². The van der Waals surface area contributed by atoms with Gasteiger partial charge in [0.25, 0.3) is 11.8 Å². The summed E-state index contributed by atoms with van der Waals surface area (Å²) in [7, 11) is 3.56. The number of halogens is 2. The fourth-order valence-electron chi connectivity index (χ4n) is 6.16. The lowest BCUT2D eigenvalue weighted by atomic mass is 9.86. The molecule has 0 spiro atoms. The third-order valence-electron chi connectivity index (χ3n) is 8.53. The number of amides is 2. The third kappa shape index (κ3) is 6.81. The van der Waals surface area contributed by atoms with Crippen molar-refractivity contribution in [2.45, 2.75) is 31.1 Å². The van der Waals surface area contributed by atoms with Gasteiger partial charge in [0.2, 0.25) is 0 Å². The molecule has 1 aliphatic rings. The van der Waals surface area contributed by atoms with Crippen LogP contribution in [0.2, 0.25) is 10.0 Å². The largest absolute Gasteiger partial charge is 0.355 e. The molecule has 0 aliphatic carbocycles. The first kappa shape index (κ1) is 30.1. The smallest absolute Gasteiger partial charge is 0.254 e. The minimum atomic E-state index is -0.0281. The van der Waals surface area contributed by atoms with Crippen molar-refractivity contribution in [3.63, 3.8) is 0 Å². The predicted molar refractivity (Wildman–Crippen MR) is 173 cm³/mol. The molecule has 5 rings (SSSR count). The number of fused-ring (bicyclic) bond motifs is 1. The molecule has 1 saturated heterocycles. The van der Waals surface area contributed by atoms with E-state index in [1.807, 2.05) is 90.8 Å². The zero-order valence-electron chi connectivity index (χ0n) is 24.2. The molecule has 0 bridgehead atoms. The topological polar surface area (TPSA) is 52.7 Å². The number of likely N-dealkylation sites (tertiary alicyclic amines) is 1. The van der Waals surface area contributed by atoms with Crippen LogP contribution in [0.25, 0.3) is 10.8 Å². The van der Waals surface area contributed by atoms with Crippen molar-refractivity contribution in [2.75, 3.05) is 40.3 Å². The number of likely N-dealkylation sites (N-methyl/N-ethyl adjacent to an activating group) is 1. The van der Waals surface area contributed by atoms with E-state index in [2.05, 4.69) is 16.3 Å². The molecule has 42 heavy (non-hydrogen) atoms. The van der Waals surface area contributed by atoms with E-state index in [0.717, 1.165) is 66.4 Å². The molecule has 7 heteroatoms. The lowest BCUT2D eigenvalue weighted by molar-refractivity contribution is 0.0783. The number of nitrogens with zero attached hydrogens (tertiary/aromatic N) is 2. The molecule has 1 atom stereocenters. The molecule has 1 fully saturated rings. The average Bonchev–Trinajstić information content (AvgIpc) is 3.03. The van der Waals surface area contributed by atoms with Crippen LogP contribution in [0.5, 0.6) is 0 Å². The Hall–Kier alpha value is -3.38. The summed E-state index contributed by atoms with van der Waals surface area (Å²) in [6, 6.07) is 27.6. The highest BCUT2D eigenvalue weighted by atomic mass is 35.5. The van der Waals surface area contributed by atoms with Gasteiger partial charge >= 0.3 is 0 Å². The maximum atomic E-state index is 13.7. The Morgan fingerprint density at radius 3 is 2.36 bits per heavy atom. The van der Waals surface area contributed by atoms with E-state index in [4.69, 9.17) is 23.2 Å². The highest BCUT2D eigenvalue weighted by Gasteiger charge is 2.26. The van der Waals surface area contributed by atoms with Gasteiger partial charge in [0.05, 0.1) is 10.0 Å². The molecule has 1 aliphatic heterocycles. The average molecular weight is 603 g/mol. The van der Waals surface area contributed by atoms with Gasteiger partial charge in [-0.2, -0.15) is 0 Å². The molecule has 4 aromatic rings. The van der Waals surface area contributed by atoms with Crippen molar-refractivity contribution in [2.24, 2.45) is 0 Å². The summed E-state index contributed by atoms with van der Waals surface area (Å²) in [5, 5.41) is 5.84. The molecule has 1 heterocycles. The van der Waals surface area contributed by atoms with Crippen LogP contribution in [0.1, 0.15) is 62.9 Å². The van der Waals surface area contributed by atoms with E-state index in [1.165, 1.54) is 0 Å². The first-order valence-corrected chi connectivity index (χ1v) is 15.3. The lowest BCUT2D eigenvalue weighted by Crippen LogP contribution is -2.36. The van der Waals surface area contributed by atoms with Crippen molar-refractivity contribution in [3.05, 3.63) is 117 Å². The Balaban J connectivity index is 1.28. The number of rotatable bonds is 9. The molecular formula is C35H37Cl2N3O2. The van der Waals surface area contributed by atoms with Gasteiger partial charge in [-0.15, -0.1) is 0 Å². The van der Waals surface area contributed by atoms with Gasteiger partial charge in [-0.25, -0.2) is 0 Å². The molecule has 1 N–H and O–H groups in total. The number of nitrogens with one attached hydrogen (secondary N) is 1. The van der Waals surface area contributed by atoms with Gasteiger partial charge in [0.15, 0.2) is 0 Å². The number of hydrogen-bond acceptors (Lipinski definition) is 3. The van der Waals surface area contributed by atoms with Crippen molar-refractivity contribution >= 4 is 45.8 Å². The van der Waals surface area contributed by atoms with Crippen LogP contribution < -0.4 is 5.32 Å². The summed E-state index contributed by atoms with van der Waals surface area (Å²) in [5.41, 5.74) is 3.70. The maximum Gasteiger partial charge on any atom is 0.254 e. The molecule has 5 nitrogen and oxygen atoms in total. The molecule has 0 aromatic heterocycles. The highest BCUT2D eigenvalue weighted by molar-refractivity contribution is 6.42. The minimum absolute atomic E-state index is 0.00690. The molecule has 0 unspecified atom stereocenters. The normalized spacial score (nSPS) is 15.0. The fourth-order valence-corrected chi connectivity index (χ4v) is 6.47. The molecule has 218 valence electrons. The van der Waals surface area contributed by atoms with E-state index in [1.54, 1.807) is 7.05 Å². The first-order valence-electron chi connectivity index (χ1n) is 14.6. The van der Waals surface area contributed by atoms with Gasteiger partial charge in [0, 0.05) is 37.7 Å². The fraction of sp³-hybridized carbons (Fsp3) is 0.314. The van der Waals surface area contributed by atoms with Crippen molar-refractivity contribution in [1.29, 1.82) is 0 Å². The number of piperidine rings is 1. The number of carbonyl (C=O) groups excluding carboxylic acids is 2. The van der Waals surface area contributed by atoms with Gasteiger partial charge in [-0.1, -0.05) is 83.9 Å². The van der Waals surface area contributed by atoms with Crippen molar-refractivity contribution in [1.82, 2.24) is 15.1 Å². The third-order valence-corrected chi connectivity index (χ3v) is 9.27. The Bertz CT molecular complexity index is 1560. The standard InChI is InChI=1S/C35H37Cl2N3O2/c1-38-34(41)30-12-6-5-10-28(30)25-16-19-40(20-17-25)21-18-27(26-14-15-32(36)33(37)22-26)23-39(2)35(42)31-13-7-9-24-8-3-4-11-29(24)31/h3-15,22,25,27H,16-21,23H2,1-2H3,(H,38,41)/t27-/m1/s1. The van der Waals surface area contributed by atoms with Gasteiger partial charge in [0.1, 0.15) is 0 Å². The van der Waals surface area contributed by atoms with E-state index < -0.39 is 0 Å². The van der Waals surface area contributed by atoms with Crippen LogP contribution in [0.4, 0.5) is 0 Å². The van der Waals surface area contributed by atoms with Gasteiger partial charge in [-0.3, -0.25) is 9.59 Å². The van der Waals surface area contributed by atoms with E-state index in [9.17, 15) is 9.59 Å². The summed E-state index contributed by atoms with van der Waals surface area (Å²) < 4.78 is 0. The minimum Gasteiger partial charge on any atom is -0.355 e. The Labute approximate surface area is 258 Å². The molecule has 4 aromatic carbocycles. The maximum absolute atomic E-state index is 13.7. The Morgan fingerprint density at radius 1 is 0.905 bits per heavy atom. The second-order valence-corrected chi connectivity index (χ2v) is 12.0. The van der Waals surface area contributed by atoms with Gasteiger partial charge in [-0.05, 0) is 91.0 Å². The predicted octanol–water partition coefficient (Wildman–Crippen LogP) is 7.63. The van der Waals surface area contributed by atoms with Gasteiger partial charge < -0.3 is 15.1 Å². The second kappa shape index (κ2) is 13.7. The van der Waals surface area contributed by atoms with Crippen LogP contribution in [0.15, 0.2) is 84.9 Å². The Morgan fingerprint density at radius 2 is 1.60 bits per heavy atom. The van der Waals surface area contributed by atoms with Crippen LogP contribution in [-0.2, 0) is 0 Å². The number of benzene rings is 4. The van der Waals surface area contributed by atoms with E-state index in [0.29, 0.717) is 28.1 Å². The summed E-state index contributed by atoms with van der Waals surface area (Å²) in [4.78, 5) is 30.4. The first-order chi connectivity index (χ1) is 20.4.